The van der Waals surface area contributed by atoms with Gasteiger partial charge in [0.15, 0.2) is 0 Å². The maximum atomic E-state index is 10.9. The molecule has 0 saturated carbocycles. The predicted octanol–water partition coefficient (Wildman–Crippen LogP) is 2.90. The van der Waals surface area contributed by atoms with Crippen LogP contribution in [-0.2, 0) is 0 Å². The molecule has 0 bridgehead atoms. The summed E-state index contributed by atoms with van der Waals surface area (Å²) in [5.41, 5.74) is 1.34. The van der Waals surface area contributed by atoms with Gasteiger partial charge in [0, 0.05) is 5.39 Å². The number of nitrogens with zero attached hydrogens (tertiary/aromatic N) is 1. The number of aromatic nitrogens is 1. The van der Waals surface area contributed by atoms with E-state index in [1.54, 1.807) is 19.2 Å². The molecule has 0 fully saturated rings. The van der Waals surface area contributed by atoms with E-state index in [-0.39, 0.29) is 5.69 Å². The van der Waals surface area contributed by atoms with E-state index in [4.69, 9.17) is 21.4 Å². The summed E-state index contributed by atoms with van der Waals surface area (Å²) >= 11 is 6.05. The van der Waals surface area contributed by atoms with Crippen molar-refractivity contribution in [1.82, 2.24) is 4.98 Å². The number of ether oxygens (including phenoxy) is 1. The summed E-state index contributed by atoms with van der Waals surface area (Å²) < 4.78 is 5.13. The summed E-state index contributed by atoms with van der Waals surface area (Å²) in [4.78, 5) is 15.0. The zero-order chi connectivity index (χ0) is 12.6. The number of fused-ring (bicyclic) bond motifs is 1. The Labute approximate surface area is 103 Å². The van der Waals surface area contributed by atoms with Gasteiger partial charge in [0.2, 0.25) is 0 Å². The molecule has 2 rings (SSSR count). The lowest BCUT2D eigenvalue weighted by Gasteiger charge is -2.08. The topological polar surface area (TPSA) is 59.4 Å². The third-order valence-corrected chi connectivity index (χ3v) is 2.79. The minimum absolute atomic E-state index is 0.0595. The fraction of sp³-hybridized carbons (Fsp3) is 0.167. The van der Waals surface area contributed by atoms with Gasteiger partial charge in [-0.2, -0.15) is 0 Å². The summed E-state index contributed by atoms with van der Waals surface area (Å²) in [5, 5.41) is 9.96. The van der Waals surface area contributed by atoms with Crippen LogP contribution in [0, 0.1) is 6.92 Å². The monoisotopic (exact) mass is 251 g/mol. The molecule has 0 aliphatic heterocycles. The molecule has 0 radical (unpaired) electrons. The number of carboxylic acids is 1. The molecule has 1 aromatic carbocycles. The second-order valence-electron chi connectivity index (χ2n) is 3.63. The van der Waals surface area contributed by atoms with Crippen molar-refractivity contribution in [2.24, 2.45) is 0 Å². The Morgan fingerprint density at radius 2 is 2.12 bits per heavy atom. The molecule has 1 N–H and O–H groups in total. The number of pyridine rings is 1. The van der Waals surface area contributed by atoms with Crippen LogP contribution in [-0.4, -0.2) is 23.2 Å². The standard InChI is InChI=1S/C12H10ClNO3/c1-6-3-7(17-2)4-8-9(13)5-10(12(15)16)14-11(6)8/h3-5H,1-2H3,(H,15,16). The van der Waals surface area contributed by atoms with E-state index in [0.717, 1.165) is 5.56 Å². The average Bonchev–Trinajstić information content (AvgIpc) is 2.29. The molecule has 88 valence electrons. The van der Waals surface area contributed by atoms with Gasteiger partial charge >= 0.3 is 5.97 Å². The number of methoxy groups -OCH3 is 1. The Bertz CT molecular complexity index is 610. The lowest BCUT2D eigenvalue weighted by atomic mass is 10.1. The summed E-state index contributed by atoms with van der Waals surface area (Å²) in [5.74, 6) is -0.425. The summed E-state index contributed by atoms with van der Waals surface area (Å²) in [7, 11) is 1.56. The van der Waals surface area contributed by atoms with Crippen LogP contribution in [0.25, 0.3) is 10.9 Å². The fourth-order valence-electron chi connectivity index (χ4n) is 1.65. The largest absolute Gasteiger partial charge is 0.497 e. The molecule has 1 aromatic heterocycles. The van der Waals surface area contributed by atoms with Crippen molar-refractivity contribution in [3.05, 3.63) is 34.5 Å². The molecule has 0 atom stereocenters. The SMILES string of the molecule is COc1cc(C)c2nc(C(=O)O)cc(Cl)c2c1. The summed E-state index contributed by atoms with van der Waals surface area (Å²) in [6.45, 7) is 1.83. The third kappa shape index (κ3) is 2.03. The van der Waals surface area contributed by atoms with Crippen LogP contribution in [0.3, 0.4) is 0 Å². The number of benzene rings is 1. The molecule has 0 amide bonds. The van der Waals surface area contributed by atoms with Crippen molar-refractivity contribution in [3.8, 4) is 5.75 Å². The van der Waals surface area contributed by atoms with Crippen molar-refractivity contribution < 1.29 is 14.6 Å². The van der Waals surface area contributed by atoms with Crippen molar-refractivity contribution in [3.63, 3.8) is 0 Å². The number of aryl methyl sites for hydroxylation is 1. The Morgan fingerprint density at radius 3 is 2.71 bits per heavy atom. The molecule has 1 heterocycles. The van der Waals surface area contributed by atoms with Crippen LogP contribution >= 0.6 is 11.6 Å². The number of rotatable bonds is 2. The molecule has 2 aromatic rings. The van der Waals surface area contributed by atoms with Gasteiger partial charge < -0.3 is 9.84 Å². The van der Waals surface area contributed by atoms with Crippen molar-refractivity contribution in [2.45, 2.75) is 6.92 Å². The highest BCUT2D eigenvalue weighted by atomic mass is 35.5. The number of carboxylic acid groups (broad SMARTS) is 1. The Kier molecular flexibility index (Phi) is 2.90. The van der Waals surface area contributed by atoms with Crippen molar-refractivity contribution >= 4 is 28.5 Å². The zero-order valence-corrected chi connectivity index (χ0v) is 10.1. The average molecular weight is 252 g/mol. The van der Waals surface area contributed by atoms with E-state index in [1.165, 1.54) is 6.07 Å². The Hall–Kier alpha value is -1.81. The van der Waals surface area contributed by atoms with Gasteiger partial charge in [0.1, 0.15) is 11.4 Å². The van der Waals surface area contributed by atoms with Crippen LogP contribution in [0.5, 0.6) is 5.75 Å². The molecule has 0 unspecified atom stereocenters. The smallest absolute Gasteiger partial charge is 0.354 e. The number of halogens is 1. The van der Waals surface area contributed by atoms with Crippen LogP contribution < -0.4 is 4.74 Å². The van der Waals surface area contributed by atoms with E-state index in [0.29, 0.717) is 21.7 Å². The van der Waals surface area contributed by atoms with Crippen LogP contribution in [0.15, 0.2) is 18.2 Å². The number of hydrogen-bond donors (Lipinski definition) is 1. The first-order chi connectivity index (χ1) is 8.02. The first kappa shape index (κ1) is 11.7. The Morgan fingerprint density at radius 1 is 1.41 bits per heavy atom. The van der Waals surface area contributed by atoms with Gasteiger partial charge in [-0.15, -0.1) is 0 Å². The maximum absolute atomic E-state index is 10.9. The molecular weight excluding hydrogens is 242 g/mol. The molecule has 4 nitrogen and oxygen atoms in total. The molecule has 0 aliphatic rings. The predicted molar refractivity (Wildman–Crippen MR) is 65.0 cm³/mol. The molecule has 0 spiro atoms. The van der Waals surface area contributed by atoms with Gasteiger partial charge in [-0.1, -0.05) is 11.6 Å². The van der Waals surface area contributed by atoms with Gasteiger partial charge in [0.25, 0.3) is 0 Å². The van der Waals surface area contributed by atoms with E-state index in [9.17, 15) is 4.79 Å². The number of hydrogen-bond acceptors (Lipinski definition) is 3. The van der Waals surface area contributed by atoms with Crippen LogP contribution in [0.4, 0.5) is 0 Å². The first-order valence-corrected chi connectivity index (χ1v) is 5.29. The molecule has 17 heavy (non-hydrogen) atoms. The lowest BCUT2D eigenvalue weighted by Crippen LogP contribution is -2.01. The molecular formula is C12H10ClNO3. The molecule has 5 heteroatoms. The van der Waals surface area contributed by atoms with E-state index < -0.39 is 5.97 Å². The maximum Gasteiger partial charge on any atom is 0.354 e. The summed E-state index contributed by atoms with van der Waals surface area (Å²) in [6, 6.07) is 4.87. The number of aromatic carboxylic acids is 1. The van der Waals surface area contributed by atoms with Crippen LogP contribution in [0.1, 0.15) is 16.1 Å². The van der Waals surface area contributed by atoms with E-state index in [2.05, 4.69) is 4.98 Å². The highest BCUT2D eigenvalue weighted by Gasteiger charge is 2.12. The highest BCUT2D eigenvalue weighted by Crippen LogP contribution is 2.29. The first-order valence-electron chi connectivity index (χ1n) is 4.91. The Balaban J connectivity index is 2.81. The second kappa shape index (κ2) is 4.22. The highest BCUT2D eigenvalue weighted by molar-refractivity contribution is 6.35. The summed E-state index contributed by atoms with van der Waals surface area (Å²) in [6.07, 6.45) is 0. The normalized spacial score (nSPS) is 10.5. The van der Waals surface area contributed by atoms with Gasteiger partial charge in [-0.25, -0.2) is 9.78 Å². The minimum atomic E-state index is -1.09. The lowest BCUT2D eigenvalue weighted by molar-refractivity contribution is 0.0691. The van der Waals surface area contributed by atoms with E-state index in [1.807, 2.05) is 6.92 Å². The minimum Gasteiger partial charge on any atom is -0.497 e. The molecule has 0 aliphatic carbocycles. The third-order valence-electron chi connectivity index (χ3n) is 2.48. The quantitative estimate of drug-likeness (QED) is 0.892. The van der Waals surface area contributed by atoms with Crippen LogP contribution in [0.2, 0.25) is 5.02 Å². The van der Waals surface area contributed by atoms with Crippen molar-refractivity contribution in [2.75, 3.05) is 7.11 Å². The number of carbonyl (C=O) groups is 1. The van der Waals surface area contributed by atoms with Gasteiger partial charge in [-0.3, -0.25) is 0 Å². The van der Waals surface area contributed by atoms with Gasteiger partial charge in [-0.05, 0) is 30.7 Å². The molecule has 0 saturated heterocycles. The second-order valence-corrected chi connectivity index (χ2v) is 4.04. The van der Waals surface area contributed by atoms with Gasteiger partial charge in [0.05, 0.1) is 17.6 Å². The van der Waals surface area contributed by atoms with E-state index >= 15 is 0 Å². The van der Waals surface area contributed by atoms with Crippen molar-refractivity contribution in [1.29, 1.82) is 0 Å². The fourth-order valence-corrected chi connectivity index (χ4v) is 1.90. The zero-order valence-electron chi connectivity index (χ0n) is 9.32.